The van der Waals surface area contributed by atoms with Gasteiger partial charge in [-0.05, 0) is 19.9 Å². The van der Waals surface area contributed by atoms with Gasteiger partial charge in [0.1, 0.15) is 11.3 Å². The van der Waals surface area contributed by atoms with Crippen LogP contribution in [0.4, 0.5) is 0 Å². The second-order valence-corrected chi connectivity index (χ2v) is 6.25. The number of carbonyl (C=O) groups is 1. The van der Waals surface area contributed by atoms with Crippen molar-refractivity contribution in [2.45, 2.75) is 20.3 Å². The molecule has 0 aliphatic heterocycles. The van der Waals surface area contributed by atoms with E-state index in [1.54, 1.807) is 6.07 Å². The van der Waals surface area contributed by atoms with E-state index in [-0.39, 0.29) is 11.3 Å². The van der Waals surface area contributed by atoms with Gasteiger partial charge in [0.2, 0.25) is 0 Å². The number of methoxy groups -OCH3 is 2. The topological polar surface area (TPSA) is 105 Å². The van der Waals surface area contributed by atoms with Crippen LogP contribution in [0, 0.1) is 0 Å². The first-order valence-electron chi connectivity index (χ1n) is 9.09. The molecule has 0 aliphatic rings. The molecule has 0 fully saturated rings. The van der Waals surface area contributed by atoms with E-state index in [2.05, 4.69) is 24.1 Å². The Balaban J connectivity index is 2.25. The van der Waals surface area contributed by atoms with Gasteiger partial charge in [0.05, 0.1) is 39.4 Å². The molecule has 0 radical (unpaired) electrons. The minimum absolute atomic E-state index is 0.301. The third-order valence-electron chi connectivity index (χ3n) is 4.71. The number of benzene rings is 1. The molecule has 2 aromatic rings. The maximum atomic E-state index is 12.4. The number of aromatic nitrogens is 1. The van der Waals surface area contributed by atoms with E-state index in [0.717, 1.165) is 26.1 Å². The number of hydrogen-bond donors (Lipinski definition) is 4. The van der Waals surface area contributed by atoms with Gasteiger partial charge in [0.25, 0.3) is 11.5 Å². The summed E-state index contributed by atoms with van der Waals surface area (Å²) in [6.07, 6.45) is 0.792. The molecule has 148 valence electrons. The largest absolute Gasteiger partial charge is 0.506 e. The molecule has 0 saturated carbocycles. The van der Waals surface area contributed by atoms with Crippen LogP contribution < -0.4 is 25.2 Å². The van der Waals surface area contributed by atoms with Crippen molar-refractivity contribution in [3.63, 3.8) is 0 Å². The number of aromatic amines is 1. The van der Waals surface area contributed by atoms with Gasteiger partial charge in [-0.2, -0.15) is 0 Å². The van der Waals surface area contributed by atoms with E-state index in [1.165, 1.54) is 25.2 Å². The summed E-state index contributed by atoms with van der Waals surface area (Å²) >= 11 is 0. The first-order valence-corrected chi connectivity index (χ1v) is 9.09. The van der Waals surface area contributed by atoms with Crippen LogP contribution in [0.15, 0.2) is 16.9 Å². The van der Waals surface area contributed by atoms with E-state index in [0.29, 0.717) is 28.9 Å². The SMILES string of the molecule is CC[NH+](CC)CCCNC(=O)c1c(O)c2cc(OC)c(OC)cc2[nH]c1=O. The number of fused-ring (bicyclic) bond motifs is 1. The van der Waals surface area contributed by atoms with Crippen LogP contribution >= 0.6 is 0 Å². The number of amides is 1. The first kappa shape index (κ1) is 20.6. The quantitative estimate of drug-likeness (QED) is 0.470. The molecular weight excluding hydrogens is 350 g/mol. The van der Waals surface area contributed by atoms with Crippen LogP contribution in [-0.2, 0) is 0 Å². The third-order valence-corrected chi connectivity index (χ3v) is 4.71. The fourth-order valence-corrected chi connectivity index (χ4v) is 3.05. The van der Waals surface area contributed by atoms with E-state index >= 15 is 0 Å². The van der Waals surface area contributed by atoms with Crippen molar-refractivity contribution in [3.05, 3.63) is 28.0 Å². The molecule has 1 amide bonds. The van der Waals surface area contributed by atoms with Crippen LogP contribution in [0.5, 0.6) is 17.2 Å². The van der Waals surface area contributed by atoms with Crippen molar-refractivity contribution in [1.29, 1.82) is 0 Å². The van der Waals surface area contributed by atoms with Crippen molar-refractivity contribution in [1.82, 2.24) is 10.3 Å². The van der Waals surface area contributed by atoms with Crippen LogP contribution in [0.3, 0.4) is 0 Å². The summed E-state index contributed by atoms with van der Waals surface area (Å²) in [5.74, 6) is -0.168. The van der Waals surface area contributed by atoms with Crippen molar-refractivity contribution < 1.29 is 24.3 Å². The van der Waals surface area contributed by atoms with E-state index in [1.807, 2.05) is 0 Å². The van der Waals surface area contributed by atoms with Crippen LogP contribution in [0.1, 0.15) is 30.6 Å². The van der Waals surface area contributed by atoms with E-state index in [9.17, 15) is 14.7 Å². The molecule has 0 saturated heterocycles. The number of rotatable bonds is 9. The van der Waals surface area contributed by atoms with Gasteiger partial charge in [0, 0.05) is 24.4 Å². The molecule has 2 rings (SSSR count). The molecule has 0 atom stereocenters. The van der Waals surface area contributed by atoms with Crippen molar-refractivity contribution >= 4 is 16.8 Å². The fourth-order valence-electron chi connectivity index (χ4n) is 3.05. The number of pyridine rings is 1. The second-order valence-electron chi connectivity index (χ2n) is 6.25. The third kappa shape index (κ3) is 4.51. The van der Waals surface area contributed by atoms with Gasteiger partial charge in [-0.3, -0.25) is 9.59 Å². The molecule has 0 spiro atoms. The molecule has 0 unspecified atom stereocenters. The Labute approximate surface area is 158 Å². The van der Waals surface area contributed by atoms with Gasteiger partial charge >= 0.3 is 0 Å². The molecule has 1 aromatic heterocycles. The smallest absolute Gasteiger partial charge is 0.265 e. The highest BCUT2D eigenvalue weighted by Crippen LogP contribution is 2.35. The predicted octanol–water partition coefficient (Wildman–Crippen LogP) is 0.296. The minimum Gasteiger partial charge on any atom is -0.506 e. The monoisotopic (exact) mass is 378 g/mol. The maximum absolute atomic E-state index is 12.4. The highest BCUT2D eigenvalue weighted by atomic mass is 16.5. The summed E-state index contributed by atoms with van der Waals surface area (Å²) in [7, 11) is 2.95. The van der Waals surface area contributed by atoms with Gasteiger partial charge in [-0.1, -0.05) is 0 Å². The van der Waals surface area contributed by atoms with Crippen molar-refractivity contribution in [2.75, 3.05) is 40.4 Å². The number of quaternary nitrogens is 1. The lowest BCUT2D eigenvalue weighted by Crippen LogP contribution is -3.11. The Bertz CT molecular complexity index is 859. The van der Waals surface area contributed by atoms with E-state index in [4.69, 9.17) is 9.47 Å². The Morgan fingerprint density at radius 3 is 2.41 bits per heavy atom. The van der Waals surface area contributed by atoms with Gasteiger partial charge < -0.3 is 29.8 Å². The summed E-state index contributed by atoms with van der Waals surface area (Å²) in [6, 6.07) is 3.07. The highest BCUT2D eigenvalue weighted by Gasteiger charge is 2.20. The molecule has 8 heteroatoms. The van der Waals surface area contributed by atoms with Crippen LogP contribution in [-0.4, -0.2) is 56.4 Å². The fraction of sp³-hybridized carbons (Fsp3) is 0.474. The average molecular weight is 378 g/mol. The van der Waals surface area contributed by atoms with Crippen molar-refractivity contribution in [3.8, 4) is 17.2 Å². The summed E-state index contributed by atoms with van der Waals surface area (Å²) in [5.41, 5.74) is -0.596. The molecule has 27 heavy (non-hydrogen) atoms. The average Bonchev–Trinajstić information content (AvgIpc) is 2.67. The number of carbonyl (C=O) groups excluding carboxylic acids is 1. The number of H-pyrrole nitrogens is 1. The summed E-state index contributed by atoms with van der Waals surface area (Å²) in [4.78, 5) is 28.8. The first-order chi connectivity index (χ1) is 13.0. The van der Waals surface area contributed by atoms with Crippen LogP contribution in [0.25, 0.3) is 10.9 Å². The zero-order valence-corrected chi connectivity index (χ0v) is 16.3. The maximum Gasteiger partial charge on any atom is 0.265 e. The van der Waals surface area contributed by atoms with Crippen molar-refractivity contribution in [2.24, 2.45) is 0 Å². The number of hydrogen-bond acceptors (Lipinski definition) is 5. The molecular formula is C19H28N3O5+. The number of ether oxygens (including phenoxy) is 2. The Kier molecular flexibility index (Phi) is 7.06. The highest BCUT2D eigenvalue weighted by molar-refractivity contribution is 6.02. The normalized spacial score (nSPS) is 11.0. The lowest BCUT2D eigenvalue weighted by Gasteiger charge is -2.15. The summed E-state index contributed by atoms with van der Waals surface area (Å²) < 4.78 is 10.4. The Hall–Kier alpha value is -2.74. The Morgan fingerprint density at radius 1 is 1.19 bits per heavy atom. The Morgan fingerprint density at radius 2 is 1.81 bits per heavy atom. The van der Waals surface area contributed by atoms with E-state index < -0.39 is 11.5 Å². The number of nitrogens with one attached hydrogen (secondary N) is 3. The lowest BCUT2D eigenvalue weighted by molar-refractivity contribution is -0.896. The lowest BCUT2D eigenvalue weighted by atomic mass is 10.1. The second kappa shape index (κ2) is 9.27. The predicted molar refractivity (Wildman–Crippen MR) is 103 cm³/mol. The molecule has 0 aliphatic carbocycles. The molecule has 0 bridgehead atoms. The van der Waals surface area contributed by atoms with Gasteiger partial charge in [0.15, 0.2) is 11.5 Å². The zero-order valence-electron chi connectivity index (χ0n) is 16.3. The van der Waals surface area contributed by atoms with Gasteiger partial charge in [-0.15, -0.1) is 0 Å². The minimum atomic E-state index is -0.654. The molecule has 4 N–H and O–H groups in total. The summed E-state index contributed by atoms with van der Waals surface area (Å²) in [5, 5.41) is 13.5. The summed E-state index contributed by atoms with van der Waals surface area (Å²) in [6.45, 7) is 7.66. The standard InChI is InChI=1S/C19H27N3O5/c1-5-22(6-2)9-7-8-20-18(24)16-17(23)12-10-14(26-3)15(27-4)11-13(12)21-19(16)25/h10-11H,5-9H2,1-4H3,(H,20,24)(H2,21,23,25)/p+1. The number of aromatic hydroxyl groups is 1. The zero-order chi connectivity index (χ0) is 20.0. The van der Waals surface area contributed by atoms with Gasteiger partial charge in [-0.25, -0.2) is 0 Å². The van der Waals surface area contributed by atoms with Crippen LogP contribution in [0.2, 0.25) is 0 Å². The molecule has 1 heterocycles. The molecule has 1 aromatic carbocycles. The molecule has 8 nitrogen and oxygen atoms in total.